The van der Waals surface area contributed by atoms with Gasteiger partial charge in [0.25, 0.3) is 5.91 Å². The topological polar surface area (TPSA) is 104 Å². The highest BCUT2D eigenvalue weighted by Crippen LogP contribution is 2.27. The first-order valence-corrected chi connectivity index (χ1v) is 10.0. The SMILES string of the molecule is O=C(c1cccc(S(=O)(=O)NC2CCCC2)c1)N1CCC(F)(C(=O)O)C1. The summed E-state index contributed by atoms with van der Waals surface area (Å²) in [6, 6.07) is 5.44. The molecule has 0 spiro atoms. The van der Waals surface area contributed by atoms with Gasteiger partial charge in [-0.2, -0.15) is 0 Å². The number of hydrogen-bond acceptors (Lipinski definition) is 4. The molecule has 0 bridgehead atoms. The third-order valence-corrected chi connectivity index (χ3v) is 6.48. The molecule has 1 heterocycles. The lowest BCUT2D eigenvalue weighted by atomic mass is 10.1. The van der Waals surface area contributed by atoms with Crippen LogP contribution in [-0.4, -0.2) is 55.1 Å². The lowest BCUT2D eigenvalue weighted by Gasteiger charge is -2.18. The molecule has 2 fully saturated rings. The highest BCUT2D eigenvalue weighted by atomic mass is 32.2. The summed E-state index contributed by atoms with van der Waals surface area (Å²) in [4.78, 5) is 24.6. The van der Waals surface area contributed by atoms with Crippen LogP contribution < -0.4 is 4.72 Å². The molecule has 26 heavy (non-hydrogen) atoms. The van der Waals surface area contributed by atoms with Crippen LogP contribution in [0.3, 0.4) is 0 Å². The van der Waals surface area contributed by atoms with Crippen molar-refractivity contribution in [1.29, 1.82) is 0 Å². The van der Waals surface area contributed by atoms with Crippen molar-refractivity contribution in [1.82, 2.24) is 9.62 Å². The number of alkyl halides is 1. The number of hydrogen-bond donors (Lipinski definition) is 2. The molecule has 1 saturated heterocycles. The minimum atomic E-state index is -3.75. The molecule has 1 unspecified atom stereocenters. The zero-order valence-electron chi connectivity index (χ0n) is 14.2. The Kier molecular flexibility index (Phi) is 5.03. The first kappa shape index (κ1) is 18.8. The highest BCUT2D eigenvalue weighted by Gasteiger charge is 2.47. The molecule has 0 radical (unpaired) electrons. The third-order valence-electron chi connectivity index (χ3n) is 4.96. The van der Waals surface area contributed by atoms with Crippen LogP contribution in [0.25, 0.3) is 0 Å². The van der Waals surface area contributed by atoms with Crippen LogP contribution in [0.4, 0.5) is 4.39 Å². The summed E-state index contributed by atoms with van der Waals surface area (Å²) in [5, 5.41) is 8.93. The molecule has 2 N–H and O–H groups in total. The highest BCUT2D eigenvalue weighted by molar-refractivity contribution is 7.89. The van der Waals surface area contributed by atoms with Crippen molar-refractivity contribution in [2.45, 2.75) is 48.7 Å². The lowest BCUT2D eigenvalue weighted by molar-refractivity contribution is -0.149. The van der Waals surface area contributed by atoms with E-state index in [4.69, 9.17) is 5.11 Å². The van der Waals surface area contributed by atoms with Crippen LogP contribution in [0.2, 0.25) is 0 Å². The molecule has 2 aliphatic rings. The van der Waals surface area contributed by atoms with Crippen LogP contribution in [0.5, 0.6) is 0 Å². The first-order chi connectivity index (χ1) is 12.2. The van der Waals surface area contributed by atoms with Gasteiger partial charge in [-0.1, -0.05) is 18.9 Å². The molecule has 9 heteroatoms. The summed E-state index contributed by atoms with van der Waals surface area (Å²) in [6.07, 6.45) is 3.26. The Morgan fingerprint density at radius 2 is 1.96 bits per heavy atom. The largest absolute Gasteiger partial charge is 0.479 e. The van der Waals surface area contributed by atoms with Gasteiger partial charge in [0.15, 0.2) is 0 Å². The number of nitrogens with zero attached hydrogens (tertiary/aromatic N) is 1. The number of carboxylic acids is 1. The maximum Gasteiger partial charge on any atom is 0.343 e. The Morgan fingerprint density at radius 1 is 1.27 bits per heavy atom. The van der Waals surface area contributed by atoms with E-state index in [2.05, 4.69) is 4.72 Å². The smallest absolute Gasteiger partial charge is 0.343 e. The fourth-order valence-corrected chi connectivity index (χ4v) is 4.78. The van der Waals surface area contributed by atoms with Crippen LogP contribution in [0, 0.1) is 0 Å². The molecule has 7 nitrogen and oxygen atoms in total. The van der Waals surface area contributed by atoms with Crippen molar-refractivity contribution in [2.75, 3.05) is 13.1 Å². The van der Waals surface area contributed by atoms with Crippen molar-refractivity contribution >= 4 is 21.9 Å². The van der Waals surface area contributed by atoms with E-state index in [0.717, 1.165) is 30.6 Å². The normalized spacial score (nSPS) is 24.1. The number of sulfonamides is 1. The van der Waals surface area contributed by atoms with Gasteiger partial charge in [0.2, 0.25) is 15.7 Å². The molecule has 3 rings (SSSR count). The van der Waals surface area contributed by atoms with Crippen molar-refractivity contribution in [2.24, 2.45) is 0 Å². The van der Waals surface area contributed by atoms with Crippen LogP contribution in [0.1, 0.15) is 42.5 Å². The predicted octanol–water partition coefficient (Wildman–Crippen LogP) is 1.55. The number of carboxylic acid groups (broad SMARTS) is 1. The summed E-state index contributed by atoms with van der Waals surface area (Å²) < 4.78 is 41.8. The Balaban J connectivity index is 1.77. The molecular formula is C17H21FN2O5S. The quantitative estimate of drug-likeness (QED) is 0.802. The average Bonchev–Trinajstić information content (AvgIpc) is 3.24. The summed E-state index contributed by atoms with van der Waals surface area (Å²) in [5.41, 5.74) is -2.36. The van der Waals surface area contributed by atoms with Crippen molar-refractivity contribution in [3.05, 3.63) is 29.8 Å². The number of rotatable bonds is 5. The number of aliphatic carboxylic acids is 1. The molecule has 1 aliphatic carbocycles. The van der Waals surface area contributed by atoms with E-state index in [0.29, 0.717) is 0 Å². The number of benzene rings is 1. The van der Waals surface area contributed by atoms with Crippen LogP contribution in [-0.2, 0) is 14.8 Å². The van der Waals surface area contributed by atoms with Gasteiger partial charge >= 0.3 is 5.97 Å². The number of amides is 1. The number of carbonyl (C=O) groups is 2. The maximum atomic E-state index is 14.2. The number of nitrogens with one attached hydrogen (secondary N) is 1. The molecular weight excluding hydrogens is 363 g/mol. The van der Waals surface area contributed by atoms with Crippen molar-refractivity contribution < 1.29 is 27.5 Å². The Hall–Kier alpha value is -2.00. The summed E-state index contributed by atoms with van der Waals surface area (Å²) in [7, 11) is -3.75. The van der Waals surface area contributed by atoms with Gasteiger partial charge in [0.1, 0.15) is 0 Å². The molecule has 1 aromatic rings. The van der Waals surface area contributed by atoms with Gasteiger partial charge in [-0.3, -0.25) is 4.79 Å². The van der Waals surface area contributed by atoms with Gasteiger partial charge in [-0.15, -0.1) is 0 Å². The number of halogens is 1. The monoisotopic (exact) mass is 384 g/mol. The fourth-order valence-electron chi connectivity index (χ4n) is 3.43. The van der Waals surface area contributed by atoms with E-state index in [1.165, 1.54) is 24.3 Å². The Bertz CT molecular complexity index is 822. The lowest BCUT2D eigenvalue weighted by Crippen LogP contribution is -2.39. The summed E-state index contributed by atoms with van der Waals surface area (Å²) in [5.74, 6) is -2.17. The van der Waals surface area contributed by atoms with Crippen LogP contribution >= 0.6 is 0 Å². The van der Waals surface area contributed by atoms with Gasteiger partial charge in [0, 0.05) is 24.6 Å². The third kappa shape index (κ3) is 3.73. The second kappa shape index (κ2) is 6.96. The standard InChI is InChI=1S/C17H21FN2O5S/c18-17(16(22)23)8-9-20(11-17)15(21)12-4-3-7-14(10-12)26(24,25)19-13-5-1-2-6-13/h3-4,7,10,13,19H,1-2,5-6,8-9,11H2,(H,22,23). The number of carbonyl (C=O) groups excluding carboxylic acids is 1. The van der Waals surface area contributed by atoms with E-state index in [1.807, 2.05) is 0 Å². The molecule has 142 valence electrons. The molecule has 1 atom stereocenters. The molecule has 1 amide bonds. The Morgan fingerprint density at radius 3 is 2.58 bits per heavy atom. The van der Waals surface area contributed by atoms with E-state index in [1.54, 1.807) is 0 Å². The minimum Gasteiger partial charge on any atom is -0.479 e. The molecule has 1 aromatic carbocycles. The Labute approximate surface area is 151 Å². The van der Waals surface area contributed by atoms with E-state index < -0.39 is 34.1 Å². The van der Waals surface area contributed by atoms with Gasteiger partial charge in [-0.05, 0) is 31.0 Å². The summed E-state index contributed by atoms with van der Waals surface area (Å²) >= 11 is 0. The zero-order chi connectivity index (χ0) is 18.9. The molecule has 1 saturated carbocycles. The zero-order valence-corrected chi connectivity index (χ0v) is 15.0. The van der Waals surface area contributed by atoms with Gasteiger partial charge in [-0.25, -0.2) is 22.3 Å². The molecule has 0 aromatic heterocycles. The summed E-state index contributed by atoms with van der Waals surface area (Å²) in [6.45, 7) is -0.572. The second-order valence-electron chi connectivity index (χ2n) is 6.88. The molecule has 1 aliphatic heterocycles. The van der Waals surface area contributed by atoms with Crippen LogP contribution in [0.15, 0.2) is 29.2 Å². The predicted molar refractivity (Wildman–Crippen MR) is 91.0 cm³/mol. The van der Waals surface area contributed by atoms with E-state index in [9.17, 15) is 22.4 Å². The van der Waals surface area contributed by atoms with Crippen molar-refractivity contribution in [3.63, 3.8) is 0 Å². The first-order valence-electron chi connectivity index (χ1n) is 8.55. The van der Waals surface area contributed by atoms with Crippen molar-refractivity contribution in [3.8, 4) is 0 Å². The minimum absolute atomic E-state index is 0.0285. The van der Waals surface area contributed by atoms with Gasteiger partial charge < -0.3 is 10.0 Å². The maximum absolute atomic E-state index is 14.2. The average molecular weight is 384 g/mol. The number of likely N-dealkylation sites (tertiary alicyclic amines) is 1. The fraction of sp³-hybridized carbons (Fsp3) is 0.529. The second-order valence-corrected chi connectivity index (χ2v) is 8.59. The van der Waals surface area contributed by atoms with E-state index >= 15 is 0 Å². The van der Waals surface area contributed by atoms with Gasteiger partial charge in [0.05, 0.1) is 11.4 Å². The van der Waals surface area contributed by atoms with E-state index in [-0.39, 0.29) is 29.5 Å².